The predicted molar refractivity (Wildman–Crippen MR) is 82.6 cm³/mol. The maximum atomic E-state index is 12.2. The van der Waals surface area contributed by atoms with Crippen LogP contribution in [-0.2, 0) is 11.2 Å². The van der Waals surface area contributed by atoms with Crippen molar-refractivity contribution in [2.24, 2.45) is 0 Å². The van der Waals surface area contributed by atoms with E-state index >= 15 is 0 Å². The Hall–Kier alpha value is -2.44. The Morgan fingerprint density at radius 1 is 1.39 bits per heavy atom. The van der Waals surface area contributed by atoms with Gasteiger partial charge >= 0.3 is 6.61 Å². The van der Waals surface area contributed by atoms with Crippen LogP contribution in [0.4, 0.5) is 14.6 Å². The largest absolute Gasteiger partial charge is 0.435 e. The highest BCUT2D eigenvalue weighted by Crippen LogP contribution is 2.18. The number of nitrogens with one attached hydrogen (secondary N) is 1. The number of hydrogen-bond acceptors (Lipinski definition) is 3. The topological polar surface area (TPSA) is 56.2 Å². The number of carbonyl (C=O) groups is 1. The molecular weight excluding hydrogens is 304 g/mol. The van der Waals surface area contributed by atoms with Crippen LogP contribution in [0.25, 0.3) is 0 Å². The monoisotopic (exact) mass is 323 g/mol. The molecule has 0 saturated carbocycles. The van der Waals surface area contributed by atoms with Gasteiger partial charge in [-0.3, -0.25) is 4.79 Å². The molecule has 7 heteroatoms. The molecule has 2 rings (SSSR count). The summed E-state index contributed by atoms with van der Waals surface area (Å²) in [5.74, 6) is 0.406. The fourth-order valence-corrected chi connectivity index (χ4v) is 2.14. The van der Waals surface area contributed by atoms with Gasteiger partial charge in [0.2, 0.25) is 5.91 Å². The number of rotatable bonds is 7. The maximum Gasteiger partial charge on any atom is 0.387 e. The van der Waals surface area contributed by atoms with Gasteiger partial charge in [0.05, 0.1) is 18.7 Å². The molecule has 0 saturated heterocycles. The number of nitrogens with zero attached hydrogens (tertiary/aromatic N) is 2. The lowest BCUT2D eigenvalue weighted by Gasteiger charge is -2.14. The molecule has 0 bridgehead atoms. The van der Waals surface area contributed by atoms with Crippen molar-refractivity contribution < 1.29 is 18.3 Å². The van der Waals surface area contributed by atoms with Gasteiger partial charge in [-0.25, -0.2) is 4.68 Å². The SMILES string of the molecule is CCC(C)n1nccc1NC(=O)Cc1cccc(OC(F)F)c1. The zero-order valence-corrected chi connectivity index (χ0v) is 13.0. The van der Waals surface area contributed by atoms with Crippen molar-refractivity contribution >= 4 is 11.7 Å². The summed E-state index contributed by atoms with van der Waals surface area (Å²) in [4.78, 5) is 12.1. The normalized spacial score (nSPS) is 12.2. The number of benzene rings is 1. The molecule has 0 aliphatic heterocycles. The van der Waals surface area contributed by atoms with Crippen molar-refractivity contribution in [3.05, 3.63) is 42.1 Å². The van der Waals surface area contributed by atoms with E-state index in [9.17, 15) is 13.6 Å². The Balaban J connectivity index is 2.01. The molecule has 0 fully saturated rings. The van der Waals surface area contributed by atoms with Crippen molar-refractivity contribution in [3.63, 3.8) is 0 Å². The van der Waals surface area contributed by atoms with E-state index in [1.54, 1.807) is 29.1 Å². The van der Waals surface area contributed by atoms with Gasteiger partial charge < -0.3 is 10.1 Å². The third kappa shape index (κ3) is 4.77. The molecule has 1 aromatic heterocycles. The first-order valence-corrected chi connectivity index (χ1v) is 7.36. The minimum atomic E-state index is -2.89. The summed E-state index contributed by atoms with van der Waals surface area (Å²) in [5, 5.41) is 6.98. The summed E-state index contributed by atoms with van der Waals surface area (Å²) in [5.41, 5.74) is 0.593. The Labute approximate surface area is 133 Å². The van der Waals surface area contributed by atoms with E-state index in [1.807, 2.05) is 13.8 Å². The van der Waals surface area contributed by atoms with Crippen molar-refractivity contribution in [1.82, 2.24) is 9.78 Å². The van der Waals surface area contributed by atoms with Crippen LogP contribution < -0.4 is 10.1 Å². The van der Waals surface area contributed by atoms with E-state index in [0.717, 1.165) is 6.42 Å². The molecule has 0 radical (unpaired) electrons. The van der Waals surface area contributed by atoms with E-state index < -0.39 is 6.61 Å². The van der Waals surface area contributed by atoms with Crippen LogP contribution in [0.15, 0.2) is 36.5 Å². The Bertz CT molecular complexity index is 658. The summed E-state index contributed by atoms with van der Waals surface area (Å²) in [6, 6.07) is 8.00. The first-order valence-electron chi connectivity index (χ1n) is 7.36. The molecule has 1 heterocycles. The van der Waals surface area contributed by atoms with Gasteiger partial charge in [0.25, 0.3) is 0 Å². The van der Waals surface area contributed by atoms with Crippen molar-refractivity contribution in [3.8, 4) is 5.75 Å². The minimum Gasteiger partial charge on any atom is -0.435 e. The van der Waals surface area contributed by atoms with Gasteiger partial charge in [-0.05, 0) is 31.0 Å². The molecule has 1 aromatic carbocycles. The number of carbonyl (C=O) groups excluding carboxylic acids is 1. The summed E-state index contributed by atoms with van der Waals surface area (Å²) in [6.45, 7) is 1.16. The number of anilines is 1. The molecular formula is C16H19F2N3O2. The average Bonchev–Trinajstić information content (AvgIpc) is 2.94. The predicted octanol–water partition coefficient (Wildman–Crippen LogP) is 3.64. The van der Waals surface area contributed by atoms with Gasteiger partial charge in [-0.2, -0.15) is 13.9 Å². The lowest BCUT2D eigenvalue weighted by Crippen LogP contribution is -2.19. The van der Waals surface area contributed by atoms with Gasteiger partial charge in [-0.1, -0.05) is 19.1 Å². The van der Waals surface area contributed by atoms with Crippen LogP contribution in [0, 0.1) is 0 Å². The minimum absolute atomic E-state index is 0.0370. The van der Waals surface area contributed by atoms with Crippen LogP contribution in [0.2, 0.25) is 0 Å². The van der Waals surface area contributed by atoms with Crippen LogP contribution in [0.1, 0.15) is 31.9 Å². The van der Waals surface area contributed by atoms with Crippen LogP contribution >= 0.6 is 0 Å². The molecule has 23 heavy (non-hydrogen) atoms. The third-order valence-corrected chi connectivity index (χ3v) is 3.43. The maximum absolute atomic E-state index is 12.2. The fourth-order valence-electron chi connectivity index (χ4n) is 2.14. The zero-order valence-electron chi connectivity index (χ0n) is 13.0. The molecule has 1 N–H and O–H groups in total. The van der Waals surface area contributed by atoms with E-state index in [4.69, 9.17) is 0 Å². The van der Waals surface area contributed by atoms with E-state index in [2.05, 4.69) is 15.2 Å². The summed E-state index contributed by atoms with van der Waals surface area (Å²) in [6.07, 6.45) is 2.57. The molecule has 0 aliphatic carbocycles. The summed E-state index contributed by atoms with van der Waals surface area (Å²) >= 11 is 0. The van der Waals surface area contributed by atoms with E-state index in [-0.39, 0.29) is 24.1 Å². The molecule has 2 aromatic rings. The van der Waals surface area contributed by atoms with Gasteiger partial charge in [-0.15, -0.1) is 0 Å². The first-order chi connectivity index (χ1) is 11.0. The first kappa shape index (κ1) is 16.9. The van der Waals surface area contributed by atoms with Crippen molar-refractivity contribution in [1.29, 1.82) is 0 Å². The van der Waals surface area contributed by atoms with Gasteiger partial charge in [0.15, 0.2) is 0 Å². The molecule has 1 amide bonds. The number of halogens is 2. The Morgan fingerprint density at radius 3 is 2.87 bits per heavy atom. The molecule has 0 aliphatic rings. The second kappa shape index (κ2) is 7.71. The average molecular weight is 323 g/mol. The zero-order chi connectivity index (χ0) is 16.8. The molecule has 1 atom stereocenters. The number of ether oxygens (including phenoxy) is 1. The Morgan fingerprint density at radius 2 is 2.17 bits per heavy atom. The highest BCUT2D eigenvalue weighted by molar-refractivity contribution is 5.91. The van der Waals surface area contributed by atoms with Gasteiger partial charge in [0, 0.05) is 6.07 Å². The number of aromatic nitrogens is 2. The molecule has 1 unspecified atom stereocenters. The quantitative estimate of drug-likeness (QED) is 0.846. The third-order valence-electron chi connectivity index (χ3n) is 3.43. The fraction of sp³-hybridized carbons (Fsp3) is 0.375. The standard InChI is InChI=1S/C16H19F2N3O2/c1-3-11(2)21-14(7-8-19-21)20-15(22)10-12-5-4-6-13(9-12)23-16(17)18/h4-9,11,16H,3,10H2,1-2H3,(H,20,22). The smallest absolute Gasteiger partial charge is 0.387 e. The second-order valence-corrected chi connectivity index (χ2v) is 5.17. The molecule has 124 valence electrons. The van der Waals surface area contributed by atoms with Crippen molar-refractivity contribution in [2.75, 3.05) is 5.32 Å². The van der Waals surface area contributed by atoms with Crippen LogP contribution in [-0.4, -0.2) is 22.3 Å². The van der Waals surface area contributed by atoms with Crippen LogP contribution in [0.5, 0.6) is 5.75 Å². The van der Waals surface area contributed by atoms with E-state index in [0.29, 0.717) is 11.4 Å². The number of alkyl halides is 2. The highest BCUT2D eigenvalue weighted by Gasteiger charge is 2.12. The van der Waals surface area contributed by atoms with E-state index in [1.165, 1.54) is 12.1 Å². The summed E-state index contributed by atoms with van der Waals surface area (Å²) < 4.78 is 30.5. The lowest BCUT2D eigenvalue weighted by atomic mass is 10.1. The highest BCUT2D eigenvalue weighted by atomic mass is 19.3. The van der Waals surface area contributed by atoms with Gasteiger partial charge in [0.1, 0.15) is 11.6 Å². The van der Waals surface area contributed by atoms with Crippen LogP contribution in [0.3, 0.4) is 0 Å². The number of hydrogen-bond donors (Lipinski definition) is 1. The Kier molecular flexibility index (Phi) is 5.67. The van der Waals surface area contributed by atoms with Crippen molar-refractivity contribution in [2.45, 2.75) is 39.3 Å². The second-order valence-electron chi connectivity index (χ2n) is 5.17. The molecule has 0 spiro atoms. The number of amides is 1. The summed E-state index contributed by atoms with van der Waals surface area (Å²) in [7, 11) is 0. The molecule has 5 nitrogen and oxygen atoms in total. The lowest BCUT2D eigenvalue weighted by molar-refractivity contribution is -0.115.